The standard InChI is InChI=1S/C77H135N2O6P/c1-6-8-10-12-14-16-18-20-22-24-26-28-30-32-34-36-38-39-41-43-45-47-49-51-53-55-57-59-61-63-65-67-69-71-77(81)78-75(74-85-86(82,83)84-73-72-79(3,4)5)76(80)70-68-66-64-62-60-58-56-54-52-50-48-46-44-42-40-37-35-33-31-29-27-25-23-21-19-17-15-13-11-9-7-2/h8,10,14,16,20,22,26,28,32,34,38-39,43,45,49,51-52,54,60,62,68,70,75-76,80H,6-7,9,11-13,15,17-19,21,23-25,27,29-31,33,35-37,40-42,44,46-48,50,53,55-59,61,63-67,69,71-74H2,1-5H3,(H-,78,81,82,83)/p+1/b10-8-,16-14-,22-20-,28-26-,34-32-,39-38-,45-43-,51-49-,54-52+,62-60+,70-68+. The zero-order valence-electron chi connectivity index (χ0n) is 56.5. The van der Waals surface area contributed by atoms with Crippen LogP contribution in [0.1, 0.15) is 296 Å². The molecule has 1 amide bonds. The van der Waals surface area contributed by atoms with Gasteiger partial charge in [-0.3, -0.25) is 13.8 Å². The first-order chi connectivity index (χ1) is 42.0. The van der Waals surface area contributed by atoms with E-state index in [9.17, 15) is 19.4 Å². The van der Waals surface area contributed by atoms with Crippen LogP contribution < -0.4 is 5.32 Å². The Balaban J connectivity index is 4.20. The molecule has 0 rings (SSSR count). The smallest absolute Gasteiger partial charge is 0.387 e. The monoisotopic (exact) mass is 1220 g/mol. The van der Waals surface area contributed by atoms with Crippen LogP contribution in [0.4, 0.5) is 0 Å². The molecule has 0 aliphatic heterocycles. The summed E-state index contributed by atoms with van der Waals surface area (Å²) < 4.78 is 23.8. The fraction of sp³-hybridized carbons (Fsp3) is 0.701. The highest BCUT2D eigenvalue weighted by Gasteiger charge is 2.28. The summed E-state index contributed by atoms with van der Waals surface area (Å²) in [4.78, 5) is 23.4. The van der Waals surface area contributed by atoms with Gasteiger partial charge in [0, 0.05) is 6.42 Å². The topological polar surface area (TPSA) is 105 Å². The summed E-state index contributed by atoms with van der Waals surface area (Å²) in [7, 11) is 1.53. The summed E-state index contributed by atoms with van der Waals surface area (Å²) in [5, 5.41) is 14.0. The molecule has 3 N–H and O–H groups in total. The number of hydrogen-bond acceptors (Lipinski definition) is 5. The minimum atomic E-state index is -4.38. The number of allylic oxidation sites excluding steroid dienone is 21. The van der Waals surface area contributed by atoms with Crippen LogP contribution in [0.2, 0.25) is 0 Å². The van der Waals surface area contributed by atoms with E-state index >= 15 is 0 Å². The molecule has 0 heterocycles. The lowest BCUT2D eigenvalue weighted by atomic mass is 10.0. The van der Waals surface area contributed by atoms with Crippen LogP contribution in [0.3, 0.4) is 0 Å². The minimum Gasteiger partial charge on any atom is -0.387 e. The van der Waals surface area contributed by atoms with Gasteiger partial charge in [0.05, 0.1) is 39.9 Å². The Labute approximate surface area is 532 Å². The fourth-order valence-electron chi connectivity index (χ4n) is 9.86. The number of aliphatic hydroxyl groups is 1. The molecule has 0 saturated heterocycles. The third kappa shape index (κ3) is 68.1. The predicted octanol–water partition coefficient (Wildman–Crippen LogP) is 23.0. The van der Waals surface area contributed by atoms with E-state index in [2.05, 4.69) is 141 Å². The van der Waals surface area contributed by atoms with Crippen molar-refractivity contribution in [1.82, 2.24) is 5.32 Å². The third-order valence-corrected chi connectivity index (χ3v) is 16.3. The minimum absolute atomic E-state index is 0.0450. The van der Waals surface area contributed by atoms with Crippen LogP contribution in [0.25, 0.3) is 0 Å². The number of carbonyl (C=O) groups is 1. The van der Waals surface area contributed by atoms with Crippen molar-refractivity contribution < 1.29 is 32.9 Å². The first-order valence-electron chi connectivity index (χ1n) is 35.6. The van der Waals surface area contributed by atoms with Gasteiger partial charge >= 0.3 is 7.82 Å². The van der Waals surface area contributed by atoms with Crippen LogP contribution in [0.15, 0.2) is 134 Å². The van der Waals surface area contributed by atoms with Gasteiger partial charge in [0.15, 0.2) is 0 Å². The summed E-state index contributed by atoms with van der Waals surface area (Å²) in [6.45, 7) is 4.68. The van der Waals surface area contributed by atoms with E-state index in [4.69, 9.17) is 9.05 Å². The average Bonchev–Trinajstić information content (AvgIpc) is 3.70. The molecule has 0 fully saturated rings. The molecule has 0 bridgehead atoms. The van der Waals surface area contributed by atoms with E-state index in [-0.39, 0.29) is 19.1 Å². The van der Waals surface area contributed by atoms with Gasteiger partial charge in [-0.15, -0.1) is 0 Å². The number of aliphatic hydroxyl groups excluding tert-OH is 1. The quantitative estimate of drug-likeness (QED) is 0.0243. The lowest BCUT2D eigenvalue weighted by molar-refractivity contribution is -0.870. The zero-order valence-corrected chi connectivity index (χ0v) is 57.4. The largest absolute Gasteiger partial charge is 0.472 e. The number of phosphoric acid groups is 1. The van der Waals surface area contributed by atoms with Gasteiger partial charge in [0.1, 0.15) is 13.2 Å². The molecule has 0 saturated carbocycles. The molecule has 494 valence electrons. The van der Waals surface area contributed by atoms with E-state index in [0.29, 0.717) is 17.4 Å². The molecule has 86 heavy (non-hydrogen) atoms. The lowest BCUT2D eigenvalue weighted by Gasteiger charge is -2.25. The molecule has 0 aromatic heterocycles. The second-order valence-corrected chi connectivity index (χ2v) is 26.3. The highest BCUT2D eigenvalue weighted by atomic mass is 31.2. The van der Waals surface area contributed by atoms with Crippen LogP contribution in [-0.2, 0) is 18.4 Å². The fourth-order valence-corrected chi connectivity index (χ4v) is 10.6. The maximum absolute atomic E-state index is 13.1. The number of amides is 1. The summed E-state index contributed by atoms with van der Waals surface area (Å²) in [5.74, 6) is -0.203. The first kappa shape index (κ1) is 82.6. The number of likely N-dealkylation sites (N-methyl/N-ethyl adjacent to an activating group) is 1. The van der Waals surface area contributed by atoms with Gasteiger partial charge in [0.2, 0.25) is 5.91 Å². The number of quaternary nitrogens is 1. The molecular weight excluding hydrogens is 1080 g/mol. The van der Waals surface area contributed by atoms with Gasteiger partial charge in [-0.1, -0.05) is 314 Å². The molecule has 3 unspecified atom stereocenters. The number of rotatable bonds is 64. The summed E-state index contributed by atoms with van der Waals surface area (Å²) in [6.07, 6.45) is 100. The Morgan fingerprint density at radius 3 is 1.07 bits per heavy atom. The zero-order chi connectivity index (χ0) is 62.6. The molecule has 0 aromatic rings. The van der Waals surface area contributed by atoms with Crippen LogP contribution >= 0.6 is 7.82 Å². The Morgan fingerprint density at radius 1 is 0.407 bits per heavy atom. The summed E-state index contributed by atoms with van der Waals surface area (Å²) in [5.41, 5.74) is 0. The Bertz CT molecular complexity index is 1870. The maximum atomic E-state index is 13.1. The van der Waals surface area contributed by atoms with E-state index < -0.39 is 20.0 Å². The molecule has 0 spiro atoms. The number of hydrogen-bond donors (Lipinski definition) is 3. The molecule has 0 aromatic carbocycles. The highest BCUT2D eigenvalue weighted by molar-refractivity contribution is 7.47. The predicted molar refractivity (Wildman–Crippen MR) is 378 cm³/mol. The Morgan fingerprint density at radius 2 is 0.709 bits per heavy atom. The van der Waals surface area contributed by atoms with Crippen LogP contribution in [0.5, 0.6) is 0 Å². The van der Waals surface area contributed by atoms with Crippen LogP contribution in [-0.4, -0.2) is 73.4 Å². The van der Waals surface area contributed by atoms with Gasteiger partial charge in [-0.25, -0.2) is 4.57 Å². The van der Waals surface area contributed by atoms with Crippen molar-refractivity contribution in [3.05, 3.63) is 134 Å². The van der Waals surface area contributed by atoms with Crippen molar-refractivity contribution in [3.63, 3.8) is 0 Å². The van der Waals surface area contributed by atoms with Gasteiger partial charge in [-0.2, -0.15) is 0 Å². The second-order valence-electron chi connectivity index (χ2n) is 24.9. The van der Waals surface area contributed by atoms with Gasteiger partial charge in [0.25, 0.3) is 0 Å². The van der Waals surface area contributed by atoms with Crippen molar-refractivity contribution in [3.8, 4) is 0 Å². The number of nitrogens with zero attached hydrogens (tertiary/aromatic N) is 1. The van der Waals surface area contributed by atoms with Gasteiger partial charge < -0.3 is 19.8 Å². The lowest BCUT2D eigenvalue weighted by Crippen LogP contribution is -2.45. The number of nitrogens with one attached hydrogen (secondary N) is 1. The van der Waals surface area contributed by atoms with Crippen molar-refractivity contribution in [2.45, 2.75) is 309 Å². The Kier molecular flexibility index (Phi) is 63.5. The summed E-state index contributed by atoms with van der Waals surface area (Å²) >= 11 is 0. The number of unbranched alkanes of at least 4 members (excludes halogenated alkanes) is 31. The maximum Gasteiger partial charge on any atom is 0.472 e. The average molecular weight is 1220 g/mol. The molecule has 0 radical (unpaired) electrons. The molecule has 0 aliphatic carbocycles. The first-order valence-corrected chi connectivity index (χ1v) is 37.1. The third-order valence-electron chi connectivity index (χ3n) is 15.3. The van der Waals surface area contributed by atoms with Gasteiger partial charge in [-0.05, 0) is 109 Å². The van der Waals surface area contributed by atoms with E-state index in [1.165, 1.54) is 167 Å². The van der Waals surface area contributed by atoms with E-state index in [1.54, 1.807) is 6.08 Å². The normalized spacial score (nSPS) is 14.5. The van der Waals surface area contributed by atoms with Crippen molar-refractivity contribution in [2.24, 2.45) is 0 Å². The van der Waals surface area contributed by atoms with Crippen molar-refractivity contribution >= 4 is 13.7 Å². The highest BCUT2D eigenvalue weighted by Crippen LogP contribution is 2.43. The van der Waals surface area contributed by atoms with Crippen molar-refractivity contribution in [2.75, 3.05) is 40.9 Å². The van der Waals surface area contributed by atoms with Crippen molar-refractivity contribution in [1.29, 1.82) is 0 Å². The molecular formula is C77H136N2O6P+. The number of phosphoric ester groups is 1. The Hall–Kier alpha value is -3.36. The molecule has 3 atom stereocenters. The SMILES string of the molecule is CC/C=C\C/C=C\C/C=C\C/C=C\C/C=C\C/C=C\C/C=C\C/C=C\CCCCCCCCCCC(=O)NC(COP(=O)(O)OCC[N+](C)(C)C)C(O)/C=C/CC/C=C/CC/C=C/CCCCCCCCCCCCCCCCCCCCCCC. The van der Waals surface area contributed by atoms with E-state index in [0.717, 1.165) is 109 Å². The molecule has 0 aliphatic rings. The van der Waals surface area contributed by atoms with Crippen LogP contribution in [0, 0.1) is 0 Å². The second kappa shape index (κ2) is 66.1. The molecule has 9 heteroatoms. The molecule has 8 nitrogen and oxygen atoms in total. The van der Waals surface area contributed by atoms with E-state index in [1.807, 2.05) is 27.2 Å². The summed E-state index contributed by atoms with van der Waals surface area (Å²) in [6, 6.07) is -0.887. The number of carbonyl (C=O) groups excluding carboxylic acids is 1.